The molecule has 1 heterocycles. The van der Waals surface area contributed by atoms with Gasteiger partial charge in [0, 0.05) is 11.8 Å². The van der Waals surface area contributed by atoms with Crippen LogP contribution in [-0.2, 0) is 9.59 Å². The Balaban J connectivity index is 1.98. The highest BCUT2D eigenvalue weighted by Gasteiger charge is 2.24. The first-order chi connectivity index (χ1) is 8.15. The number of carbonyl (C=O) groups is 2. The van der Waals surface area contributed by atoms with E-state index < -0.39 is 0 Å². The normalized spacial score (nSPS) is 21.4. The molecular formula is C12H12N2O2S. The number of thioether (sulfide) groups is 1. The van der Waals surface area contributed by atoms with Gasteiger partial charge in [-0.2, -0.15) is 0 Å². The minimum Gasteiger partial charge on any atom is -0.322 e. The maximum atomic E-state index is 11.6. The molecule has 17 heavy (non-hydrogen) atoms. The van der Waals surface area contributed by atoms with Crippen molar-refractivity contribution in [3.8, 4) is 0 Å². The molecule has 1 aliphatic rings. The van der Waals surface area contributed by atoms with Crippen LogP contribution < -0.4 is 10.6 Å². The number of carbonyl (C=O) groups excluding carboxylic acids is 2. The van der Waals surface area contributed by atoms with E-state index in [1.165, 1.54) is 17.8 Å². The molecule has 0 aromatic heterocycles. The van der Waals surface area contributed by atoms with Crippen molar-refractivity contribution in [1.82, 2.24) is 5.32 Å². The molecule has 5 heteroatoms. The molecule has 1 unspecified atom stereocenters. The number of hydrogen-bond acceptors (Lipinski definition) is 3. The minimum absolute atomic E-state index is 0.0613. The number of benzene rings is 1. The van der Waals surface area contributed by atoms with Crippen LogP contribution in [0.5, 0.6) is 0 Å². The van der Waals surface area contributed by atoms with Crippen molar-refractivity contribution >= 4 is 29.3 Å². The quantitative estimate of drug-likeness (QED) is 0.783. The largest absolute Gasteiger partial charge is 0.322 e. The molecule has 0 saturated carbocycles. The van der Waals surface area contributed by atoms with Crippen LogP contribution in [0.4, 0.5) is 5.69 Å². The topological polar surface area (TPSA) is 58.2 Å². The lowest BCUT2D eigenvalue weighted by atomic mass is 10.3. The number of rotatable bonds is 2. The number of amides is 2. The zero-order chi connectivity index (χ0) is 12.3. The van der Waals surface area contributed by atoms with Gasteiger partial charge in [-0.3, -0.25) is 9.59 Å². The number of para-hydroxylation sites is 1. The molecule has 88 valence electrons. The third kappa shape index (κ3) is 3.10. The Morgan fingerprint density at radius 3 is 2.71 bits per heavy atom. The molecule has 1 atom stereocenters. The molecule has 4 nitrogen and oxygen atoms in total. The highest BCUT2D eigenvalue weighted by Crippen LogP contribution is 2.25. The lowest BCUT2D eigenvalue weighted by molar-refractivity contribution is -0.119. The molecule has 1 aromatic rings. The van der Waals surface area contributed by atoms with Crippen molar-refractivity contribution in [2.75, 3.05) is 5.32 Å². The molecule has 1 fully saturated rings. The van der Waals surface area contributed by atoms with Crippen molar-refractivity contribution in [3.63, 3.8) is 0 Å². The summed E-state index contributed by atoms with van der Waals surface area (Å²) in [6, 6.07) is 9.18. The molecule has 1 aliphatic heterocycles. The van der Waals surface area contributed by atoms with E-state index in [9.17, 15) is 9.59 Å². The lowest BCUT2D eigenvalue weighted by Gasteiger charge is -2.01. The van der Waals surface area contributed by atoms with Gasteiger partial charge in [-0.1, -0.05) is 30.0 Å². The molecule has 0 aliphatic carbocycles. The van der Waals surface area contributed by atoms with Gasteiger partial charge in [0.05, 0.1) is 10.3 Å². The van der Waals surface area contributed by atoms with Crippen molar-refractivity contribution in [2.45, 2.75) is 12.2 Å². The van der Waals surface area contributed by atoms with Crippen LogP contribution in [0, 0.1) is 0 Å². The van der Waals surface area contributed by atoms with Gasteiger partial charge in [-0.25, -0.2) is 0 Å². The Morgan fingerprint density at radius 1 is 1.41 bits per heavy atom. The number of anilines is 1. The summed E-state index contributed by atoms with van der Waals surface area (Å²) in [5.74, 6) is -0.304. The predicted molar refractivity (Wildman–Crippen MR) is 68.4 cm³/mol. The molecule has 2 N–H and O–H groups in total. The highest BCUT2D eigenvalue weighted by atomic mass is 32.2. The van der Waals surface area contributed by atoms with Gasteiger partial charge in [-0.05, 0) is 19.1 Å². The summed E-state index contributed by atoms with van der Waals surface area (Å²) in [7, 11) is 0. The summed E-state index contributed by atoms with van der Waals surface area (Å²) < 4.78 is 0. The molecular weight excluding hydrogens is 236 g/mol. The smallest absolute Gasteiger partial charge is 0.250 e. The van der Waals surface area contributed by atoms with Gasteiger partial charge in [0.2, 0.25) is 5.91 Å². The van der Waals surface area contributed by atoms with Gasteiger partial charge >= 0.3 is 0 Å². The molecule has 1 aromatic carbocycles. The zero-order valence-corrected chi connectivity index (χ0v) is 10.1. The van der Waals surface area contributed by atoms with E-state index in [2.05, 4.69) is 10.6 Å². The Hall–Kier alpha value is -1.75. The van der Waals surface area contributed by atoms with Crippen LogP contribution in [0.25, 0.3) is 0 Å². The molecule has 2 amide bonds. The first-order valence-corrected chi connectivity index (χ1v) is 6.08. The summed E-state index contributed by atoms with van der Waals surface area (Å²) in [6.07, 6.45) is 1.40. The summed E-state index contributed by atoms with van der Waals surface area (Å²) in [5, 5.41) is 5.82. The second-order valence-electron chi connectivity index (χ2n) is 3.61. The maximum Gasteiger partial charge on any atom is 0.250 e. The molecule has 0 spiro atoms. The van der Waals surface area contributed by atoms with Crippen LogP contribution in [0.3, 0.4) is 0 Å². The minimum atomic E-state index is -0.242. The van der Waals surface area contributed by atoms with Crippen LogP contribution in [0.15, 0.2) is 41.4 Å². The van der Waals surface area contributed by atoms with Crippen molar-refractivity contribution in [2.24, 2.45) is 0 Å². The zero-order valence-electron chi connectivity index (χ0n) is 9.27. The van der Waals surface area contributed by atoms with Crippen LogP contribution in [-0.4, -0.2) is 17.1 Å². The van der Waals surface area contributed by atoms with Crippen LogP contribution in [0.1, 0.15) is 6.92 Å². The summed E-state index contributed by atoms with van der Waals surface area (Å²) in [5.41, 5.74) is 0.733. The second-order valence-corrected chi connectivity index (χ2v) is 5.00. The Bertz CT molecular complexity index is 471. The van der Waals surface area contributed by atoms with Crippen molar-refractivity contribution < 1.29 is 9.59 Å². The third-order valence-corrected chi connectivity index (χ3v) is 3.26. The van der Waals surface area contributed by atoms with Crippen molar-refractivity contribution in [1.29, 1.82) is 0 Å². The predicted octanol–water partition coefficient (Wildman–Crippen LogP) is 1.72. The van der Waals surface area contributed by atoms with E-state index in [-0.39, 0.29) is 17.1 Å². The molecule has 0 radical (unpaired) electrons. The van der Waals surface area contributed by atoms with Crippen LogP contribution in [0.2, 0.25) is 0 Å². The van der Waals surface area contributed by atoms with Gasteiger partial charge in [0.15, 0.2) is 0 Å². The van der Waals surface area contributed by atoms with E-state index in [0.717, 1.165) is 5.69 Å². The number of hydrogen-bond donors (Lipinski definition) is 2. The average molecular weight is 248 g/mol. The Labute approximate surface area is 103 Å². The van der Waals surface area contributed by atoms with E-state index in [0.29, 0.717) is 5.03 Å². The monoisotopic (exact) mass is 248 g/mol. The molecule has 1 saturated heterocycles. The van der Waals surface area contributed by atoms with E-state index in [4.69, 9.17) is 0 Å². The Kier molecular flexibility index (Phi) is 3.49. The van der Waals surface area contributed by atoms with Crippen molar-refractivity contribution in [3.05, 3.63) is 41.4 Å². The third-order valence-electron chi connectivity index (χ3n) is 2.22. The van der Waals surface area contributed by atoms with E-state index >= 15 is 0 Å². The number of nitrogens with one attached hydrogen (secondary N) is 2. The van der Waals surface area contributed by atoms with Gasteiger partial charge in [0.1, 0.15) is 0 Å². The lowest BCUT2D eigenvalue weighted by Crippen LogP contribution is -2.20. The highest BCUT2D eigenvalue weighted by molar-refractivity contribution is 8.04. The Morgan fingerprint density at radius 2 is 2.12 bits per heavy atom. The maximum absolute atomic E-state index is 11.6. The fourth-order valence-corrected chi connectivity index (χ4v) is 2.27. The van der Waals surface area contributed by atoms with Gasteiger partial charge < -0.3 is 10.6 Å². The first kappa shape index (κ1) is 11.7. The van der Waals surface area contributed by atoms with E-state index in [1.54, 1.807) is 19.1 Å². The van der Waals surface area contributed by atoms with Gasteiger partial charge in [-0.15, -0.1) is 0 Å². The second kappa shape index (κ2) is 5.05. The van der Waals surface area contributed by atoms with Gasteiger partial charge in [0.25, 0.3) is 5.91 Å². The fourth-order valence-electron chi connectivity index (χ4n) is 1.39. The summed E-state index contributed by atoms with van der Waals surface area (Å²) in [4.78, 5) is 22.8. The fraction of sp³-hybridized carbons (Fsp3) is 0.167. The SMILES string of the molecule is CC1S/C(=C\C(=O)Nc2ccccc2)NC1=O. The molecule has 2 rings (SSSR count). The van der Waals surface area contributed by atoms with Crippen LogP contribution >= 0.6 is 11.8 Å². The summed E-state index contributed by atoms with van der Waals surface area (Å²) >= 11 is 1.35. The first-order valence-electron chi connectivity index (χ1n) is 5.20. The molecule has 0 bridgehead atoms. The van der Waals surface area contributed by atoms with E-state index in [1.807, 2.05) is 18.2 Å². The standard InChI is InChI=1S/C12H12N2O2S/c1-8-12(16)14-11(17-8)7-10(15)13-9-5-3-2-4-6-9/h2-8H,1H3,(H,13,15)(H,14,16)/b11-7-. The summed E-state index contributed by atoms with van der Waals surface area (Å²) in [6.45, 7) is 1.80. The average Bonchev–Trinajstić information content (AvgIpc) is 2.59.